The van der Waals surface area contributed by atoms with Crippen LogP contribution in [-0.2, 0) is 4.79 Å². The summed E-state index contributed by atoms with van der Waals surface area (Å²) in [7, 11) is 0. The molecule has 0 saturated carbocycles. The fourth-order valence-corrected chi connectivity index (χ4v) is 4.02. The molecule has 27 heavy (non-hydrogen) atoms. The molecule has 0 aliphatic carbocycles. The van der Waals surface area contributed by atoms with E-state index in [-0.39, 0.29) is 17.9 Å². The minimum Gasteiger partial charge on any atom is -0.348 e. The van der Waals surface area contributed by atoms with Gasteiger partial charge in [-0.1, -0.05) is 42.8 Å². The molecule has 1 aliphatic rings. The molecule has 2 heterocycles. The molecule has 0 bridgehead atoms. The van der Waals surface area contributed by atoms with E-state index in [1.165, 1.54) is 16.9 Å². The first-order valence-corrected chi connectivity index (χ1v) is 10.4. The summed E-state index contributed by atoms with van der Waals surface area (Å²) in [5.41, 5.74) is 2.36. The first kappa shape index (κ1) is 19.6. The van der Waals surface area contributed by atoms with Crippen molar-refractivity contribution in [1.82, 2.24) is 15.1 Å². The van der Waals surface area contributed by atoms with Crippen molar-refractivity contribution in [2.24, 2.45) is 0 Å². The second-order valence-corrected chi connectivity index (χ2v) is 7.93. The number of thiophene rings is 1. The summed E-state index contributed by atoms with van der Waals surface area (Å²) in [6.45, 7) is 7.31. The third-order valence-corrected chi connectivity index (χ3v) is 5.84. The van der Waals surface area contributed by atoms with Crippen LogP contribution >= 0.6 is 11.3 Å². The molecule has 0 unspecified atom stereocenters. The number of aryl methyl sites for hydroxylation is 1. The number of carbonyl (C=O) groups excluding carboxylic acids is 2. The number of benzene rings is 1. The fraction of sp³-hybridized carbons (Fsp3) is 0.429. The van der Waals surface area contributed by atoms with Crippen molar-refractivity contribution in [3.05, 3.63) is 57.8 Å². The summed E-state index contributed by atoms with van der Waals surface area (Å²) in [6, 6.07) is 12.1. The first-order valence-electron chi connectivity index (χ1n) is 9.48. The van der Waals surface area contributed by atoms with Crippen LogP contribution in [0, 0.1) is 6.92 Å². The molecule has 1 fully saturated rings. The Kier molecular flexibility index (Phi) is 6.63. The number of amides is 2. The molecule has 144 valence electrons. The third kappa shape index (κ3) is 5.17. The van der Waals surface area contributed by atoms with Gasteiger partial charge in [0.2, 0.25) is 5.91 Å². The second-order valence-electron chi connectivity index (χ2n) is 6.98. The molecule has 1 saturated heterocycles. The molecule has 1 aromatic heterocycles. The Balaban J connectivity index is 1.47. The van der Waals surface area contributed by atoms with Crippen LogP contribution in [0.15, 0.2) is 41.8 Å². The number of carbonyl (C=O) groups is 2. The van der Waals surface area contributed by atoms with Crippen molar-refractivity contribution >= 4 is 23.2 Å². The molecule has 6 heteroatoms. The fourth-order valence-electron chi connectivity index (χ4n) is 3.33. The number of piperazine rings is 1. The maximum atomic E-state index is 12.5. The largest absolute Gasteiger partial charge is 0.348 e. The Morgan fingerprint density at radius 3 is 2.41 bits per heavy atom. The van der Waals surface area contributed by atoms with E-state index in [1.807, 2.05) is 22.4 Å². The molecule has 2 amide bonds. The summed E-state index contributed by atoms with van der Waals surface area (Å²) in [4.78, 5) is 29.7. The number of hydrogen-bond acceptors (Lipinski definition) is 4. The smallest absolute Gasteiger partial charge is 0.264 e. The molecule has 2 aromatic rings. The van der Waals surface area contributed by atoms with Crippen molar-refractivity contribution in [3.63, 3.8) is 0 Å². The maximum Gasteiger partial charge on any atom is 0.264 e. The van der Waals surface area contributed by atoms with Crippen molar-refractivity contribution < 1.29 is 9.59 Å². The Morgan fingerprint density at radius 2 is 1.81 bits per heavy atom. The van der Waals surface area contributed by atoms with Gasteiger partial charge in [-0.25, -0.2) is 0 Å². The zero-order valence-corrected chi connectivity index (χ0v) is 16.8. The second kappa shape index (κ2) is 9.15. The minimum atomic E-state index is 0.0415. The van der Waals surface area contributed by atoms with Gasteiger partial charge in [0.05, 0.1) is 17.5 Å². The van der Waals surface area contributed by atoms with Crippen LogP contribution in [0.4, 0.5) is 0 Å². The van der Waals surface area contributed by atoms with E-state index in [2.05, 4.69) is 48.3 Å². The van der Waals surface area contributed by atoms with Crippen LogP contribution in [-0.4, -0.2) is 54.3 Å². The number of rotatable bonds is 6. The number of hydrogen-bond donors (Lipinski definition) is 1. The highest BCUT2D eigenvalue weighted by atomic mass is 32.1. The molecule has 1 N–H and O–H groups in total. The molecule has 0 spiro atoms. The van der Waals surface area contributed by atoms with E-state index in [0.717, 1.165) is 30.0 Å². The Bertz CT molecular complexity index is 750. The van der Waals surface area contributed by atoms with E-state index >= 15 is 0 Å². The van der Waals surface area contributed by atoms with Crippen LogP contribution < -0.4 is 5.32 Å². The first-order chi connectivity index (χ1) is 13.1. The van der Waals surface area contributed by atoms with Gasteiger partial charge in [0, 0.05) is 26.2 Å². The lowest BCUT2D eigenvalue weighted by atomic mass is 10.0. The van der Waals surface area contributed by atoms with Crippen LogP contribution in [0.1, 0.15) is 40.2 Å². The summed E-state index contributed by atoms with van der Waals surface area (Å²) in [5, 5.41) is 5.07. The topological polar surface area (TPSA) is 52.7 Å². The zero-order chi connectivity index (χ0) is 19.2. The Hall–Kier alpha value is -2.18. The van der Waals surface area contributed by atoms with Crippen molar-refractivity contribution in [1.29, 1.82) is 0 Å². The minimum absolute atomic E-state index is 0.0415. The molecule has 1 aliphatic heterocycles. The van der Waals surface area contributed by atoms with Gasteiger partial charge in [-0.15, -0.1) is 11.3 Å². The van der Waals surface area contributed by atoms with E-state index in [1.54, 1.807) is 0 Å². The normalized spacial score (nSPS) is 16.1. The Labute approximate surface area is 165 Å². The maximum absolute atomic E-state index is 12.5. The van der Waals surface area contributed by atoms with Gasteiger partial charge in [-0.2, -0.15) is 0 Å². The number of nitrogens with one attached hydrogen (secondary N) is 1. The average Bonchev–Trinajstić information content (AvgIpc) is 3.22. The van der Waals surface area contributed by atoms with Gasteiger partial charge in [-0.05, 0) is 30.4 Å². The SMILES string of the molecule is CC[C@@H](NC(=O)CN1CCN(C(=O)c2cccs2)CC1)c1ccc(C)cc1. The van der Waals surface area contributed by atoms with Crippen molar-refractivity contribution in [3.8, 4) is 0 Å². The standard InChI is InChI=1S/C21H27N3O2S/c1-3-18(17-8-6-16(2)7-9-17)22-20(25)15-23-10-12-24(13-11-23)21(26)19-5-4-14-27-19/h4-9,14,18H,3,10-13,15H2,1-2H3,(H,22,25)/t18-/m1/s1. The summed E-state index contributed by atoms with van der Waals surface area (Å²) in [6.07, 6.45) is 0.859. The Morgan fingerprint density at radius 1 is 1.11 bits per heavy atom. The lowest BCUT2D eigenvalue weighted by molar-refractivity contribution is -0.123. The van der Waals surface area contributed by atoms with Gasteiger partial charge < -0.3 is 10.2 Å². The monoisotopic (exact) mass is 385 g/mol. The quantitative estimate of drug-likeness (QED) is 0.831. The summed E-state index contributed by atoms with van der Waals surface area (Å²) < 4.78 is 0. The van der Waals surface area contributed by atoms with Crippen molar-refractivity contribution in [2.45, 2.75) is 26.3 Å². The zero-order valence-electron chi connectivity index (χ0n) is 16.0. The molecule has 0 radical (unpaired) electrons. The van der Waals surface area contributed by atoms with Crippen LogP contribution in [0.5, 0.6) is 0 Å². The molecule has 1 aromatic carbocycles. The summed E-state index contributed by atoms with van der Waals surface area (Å²) in [5.74, 6) is 0.139. The predicted octanol–water partition coefficient (Wildman–Crippen LogP) is 3.08. The predicted molar refractivity (Wildman–Crippen MR) is 109 cm³/mol. The van der Waals surface area contributed by atoms with E-state index in [9.17, 15) is 9.59 Å². The summed E-state index contributed by atoms with van der Waals surface area (Å²) >= 11 is 1.48. The lowest BCUT2D eigenvalue weighted by Crippen LogP contribution is -2.51. The van der Waals surface area contributed by atoms with Crippen molar-refractivity contribution in [2.75, 3.05) is 32.7 Å². The molecular formula is C21H27N3O2S. The molecular weight excluding hydrogens is 358 g/mol. The van der Waals surface area contributed by atoms with Crippen LogP contribution in [0.2, 0.25) is 0 Å². The molecule has 5 nitrogen and oxygen atoms in total. The van der Waals surface area contributed by atoms with Gasteiger partial charge in [0.1, 0.15) is 0 Å². The molecule has 3 rings (SSSR count). The van der Waals surface area contributed by atoms with Gasteiger partial charge in [-0.3, -0.25) is 14.5 Å². The number of nitrogens with zero attached hydrogens (tertiary/aromatic N) is 2. The van der Waals surface area contributed by atoms with E-state index in [0.29, 0.717) is 19.6 Å². The highest BCUT2D eigenvalue weighted by Crippen LogP contribution is 2.17. The van der Waals surface area contributed by atoms with Gasteiger partial charge >= 0.3 is 0 Å². The molecule has 1 atom stereocenters. The highest BCUT2D eigenvalue weighted by Gasteiger charge is 2.24. The van der Waals surface area contributed by atoms with Gasteiger partial charge in [0.15, 0.2) is 0 Å². The highest BCUT2D eigenvalue weighted by molar-refractivity contribution is 7.12. The van der Waals surface area contributed by atoms with E-state index in [4.69, 9.17) is 0 Å². The van der Waals surface area contributed by atoms with E-state index < -0.39 is 0 Å². The lowest BCUT2D eigenvalue weighted by Gasteiger charge is -2.34. The van der Waals surface area contributed by atoms with Crippen LogP contribution in [0.25, 0.3) is 0 Å². The average molecular weight is 386 g/mol. The third-order valence-electron chi connectivity index (χ3n) is 4.98. The van der Waals surface area contributed by atoms with Gasteiger partial charge in [0.25, 0.3) is 5.91 Å². The van der Waals surface area contributed by atoms with Crippen LogP contribution in [0.3, 0.4) is 0 Å².